The van der Waals surface area contributed by atoms with E-state index >= 15 is 0 Å². The van der Waals surface area contributed by atoms with E-state index in [1.54, 1.807) is 43.8 Å². The van der Waals surface area contributed by atoms with E-state index in [1.165, 1.54) is 0 Å². The molecule has 0 radical (unpaired) electrons. The fraction of sp³-hybridized carbons (Fsp3) is 0.300. The van der Waals surface area contributed by atoms with Gasteiger partial charge in [0, 0.05) is 16.6 Å². The summed E-state index contributed by atoms with van der Waals surface area (Å²) in [5, 5.41) is 4.76. The van der Waals surface area contributed by atoms with E-state index in [-0.39, 0.29) is 11.0 Å². The van der Waals surface area contributed by atoms with Gasteiger partial charge in [0.1, 0.15) is 0 Å². The molecule has 0 aliphatic carbocycles. The van der Waals surface area contributed by atoms with Crippen LogP contribution < -0.4 is 14.8 Å². The van der Waals surface area contributed by atoms with Gasteiger partial charge in [0.15, 0.2) is 5.13 Å². The molecule has 0 saturated heterocycles. The molecule has 3 aromatic rings. The number of rotatable bonds is 8. The minimum Gasteiger partial charge on any atom is -0.477 e. The molecule has 1 amide bonds. The molecule has 0 fully saturated rings. The Bertz CT molecular complexity index is 1170. The zero-order valence-electron chi connectivity index (χ0n) is 17.5. The molecule has 0 saturated carbocycles. The molecule has 0 spiro atoms. The summed E-state index contributed by atoms with van der Waals surface area (Å²) in [6.07, 6.45) is 4.25. The minimum atomic E-state index is -3.43. The zero-order valence-corrected chi connectivity index (χ0v) is 19.2. The lowest BCUT2D eigenvalue weighted by Crippen LogP contribution is -2.35. The average molecular weight is 462 g/mol. The van der Waals surface area contributed by atoms with Crippen molar-refractivity contribution in [2.24, 2.45) is 0 Å². The van der Waals surface area contributed by atoms with Crippen molar-refractivity contribution in [3.05, 3.63) is 47.7 Å². The molecule has 0 unspecified atom stereocenters. The molecule has 2 N–H and O–H groups in total. The number of hydrogen-bond acceptors (Lipinski definition) is 8. The third kappa shape index (κ3) is 5.76. The Hall–Kier alpha value is -3.05. The first-order valence-corrected chi connectivity index (χ1v) is 12.2. The number of sulfonamides is 1. The van der Waals surface area contributed by atoms with Crippen LogP contribution in [0, 0.1) is 0 Å². The van der Waals surface area contributed by atoms with Gasteiger partial charge in [0.2, 0.25) is 21.8 Å². The van der Waals surface area contributed by atoms with Crippen LogP contribution in [0.2, 0.25) is 0 Å². The van der Waals surface area contributed by atoms with Gasteiger partial charge >= 0.3 is 0 Å². The van der Waals surface area contributed by atoms with Crippen LogP contribution in [0.5, 0.6) is 5.88 Å². The monoisotopic (exact) mass is 461 g/mol. The van der Waals surface area contributed by atoms with Crippen LogP contribution in [0.3, 0.4) is 0 Å². The standard InChI is InChI=1S/C20H23N5O4S2/c1-5-29-17-11-21-10-15(23-17)13-6-8-14(9-7-13)22-18(26)20(2,3)16-12-30-19(24-16)25-31(4,27)28/h6-12H,5H2,1-4H3,(H,22,26)(H,24,25). The van der Waals surface area contributed by atoms with Crippen molar-refractivity contribution in [3.8, 4) is 17.1 Å². The van der Waals surface area contributed by atoms with E-state index in [9.17, 15) is 13.2 Å². The molecule has 0 aliphatic rings. The van der Waals surface area contributed by atoms with Gasteiger partial charge < -0.3 is 10.1 Å². The summed E-state index contributed by atoms with van der Waals surface area (Å²) < 4.78 is 30.5. The smallest absolute Gasteiger partial charge is 0.236 e. The van der Waals surface area contributed by atoms with Gasteiger partial charge in [-0.2, -0.15) is 0 Å². The highest BCUT2D eigenvalue weighted by atomic mass is 32.2. The average Bonchev–Trinajstić information content (AvgIpc) is 3.16. The van der Waals surface area contributed by atoms with Gasteiger partial charge in [-0.3, -0.25) is 14.5 Å². The molecule has 0 atom stereocenters. The molecule has 1 aromatic carbocycles. The Morgan fingerprint density at radius 1 is 1.16 bits per heavy atom. The van der Waals surface area contributed by atoms with E-state index in [0.717, 1.165) is 23.2 Å². The molecule has 3 rings (SSSR count). The lowest BCUT2D eigenvalue weighted by Gasteiger charge is -2.21. The Balaban J connectivity index is 1.72. The van der Waals surface area contributed by atoms with Crippen LogP contribution >= 0.6 is 11.3 Å². The number of thiazole rings is 1. The van der Waals surface area contributed by atoms with Crippen LogP contribution in [-0.2, 0) is 20.2 Å². The SMILES string of the molecule is CCOc1cncc(-c2ccc(NC(=O)C(C)(C)c3csc(NS(C)(=O)=O)n3)cc2)n1. The van der Waals surface area contributed by atoms with Gasteiger partial charge in [0.05, 0.1) is 42.1 Å². The maximum atomic E-state index is 12.9. The second-order valence-corrected chi connectivity index (χ2v) is 9.85. The highest BCUT2D eigenvalue weighted by Crippen LogP contribution is 2.29. The van der Waals surface area contributed by atoms with Gasteiger partial charge in [-0.25, -0.2) is 18.4 Å². The summed E-state index contributed by atoms with van der Waals surface area (Å²) in [5.41, 5.74) is 1.62. The first-order valence-electron chi connectivity index (χ1n) is 9.39. The third-order valence-corrected chi connectivity index (χ3v) is 5.78. The predicted octanol–water partition coefficient (Wildman–Crippen LogP) is 3.29. The first-order chi connectivity index (χ1) is 14.6. The normalized spacial score (nSPS) is 11.7. The number of ether oxygens (including phenoxy) is 1. The van der Waals surface area contributed by atoms with Gasteiger partial charge in [-0.1, -0.05) is 12.1 Å². The zero-order chi connectivity index (χ0) is 22.6. The Morgan fingerprint density at radius 2 is 1.87 bits per heavy atom. The van der Waals surface area contributed by atoms with Crippen molar-refractivity contribution < 1.29 is 17.9 Å². The number of anilines is 2. The van der Waals surface area contributed by atoms with Crippen molar-refractivity contribution in [2.75, 3.05) is 22.9 Å². The van der Waals surface area contributed by atoms with Crippen LogP contribution in [0.1, 0.15) is 26.5 Å². The number of nitrogens with zero attached hydrogens (tertiary/aromatic N) is 3. The van der Waals surface area contributed by atoms with E-state index in [1.807, 2.05) is 19.1 Å². The molecular weight excluding hydrogens is 438 g/mol. The van der Waals surface area contributed by atoms with Crippen molar-refractivity contribution in [3.63, 3.8) is 0 Å². The first kappa shape index (κ1) is 22.6. The number of nitrogens with one attached hydrogen (secondary N) is 2. The number of aromatic nitrogens is 3. The van der Waals surface area contributed by atoms with Crippen molar-refractivity contribution in [1.82, 2.24) is 15.0 Å². The largest absolute Gasteiger partial charge is 0.477 e. The lowest BCUT2D eigenvalue weighted by atomic mass is 9.89. The summed E-state index contributed by atoms with van der Waals surface area (Å²) in [7, 11) is -3.43. The van der Waals surface area contributed by atoms with Crippen LogP contribution in [0.4, 0.5) is 10.8 Å². The van der Waals surface area contributed by atoms with E-state index in [4.69, 9.17) is 4.74 Å². The molecule has 164 valence electrons. The summed E-state index contributed by atoms with van der Waals surface area (Å²) in [5.74, 6) is 0.182. The molecule has 9 nitrogen and oxygen atoms in total. The second-order valence-electron chi connectivity index (χ2n) is 7.24. The van der Waals surface area contributed by atoms with Crippen LogP contribution in [0.25, 0.3) is 11.3 Å². The van der Waals surface area contributed by atoms with Crippen molar-refractivity contribution in [1.29, 1.82) is 0 Å². The number of hydrogen-bond donors (Lipinski definition) is 2. The van der Waals surface area contributed by atoms with E-state index < -0.39 is 15.4 Å². The van der Waals surface area contributed by atoms with Crippen molar-refractivity contribution >= 4 is 38.1 Å². The fourth-order valence-electron chi connectivity index (χ4n) is 2.60. The number of benzene rings is 1. The molecule has 2 aromatic heterocycles. The summed E-state index contributed by atoms with van der Waals surface area (Å²) in [6, 6.07) is 7.21. The highest BCUT2D eigenvalue weighted by molar-refractivity contribution is 7.92. The predicted molar refractivity (Wildman–Crippen MR) is 121 cm³/mol. The summed E-state index contributed by atoms with van der Waals surface area (Å²) in [6.45, 7) is 5.83. The minimum absolute atomic E-state index is 0.220. The van der Waals surface area contributed by atoms with Crippen molar-refractivity contribution in [2.45, 2.75) is 26.2 Å². The molecule has 31 heavy (non-hydrogen) atoms. The quantitative estimate of drug-likeness (QED) is 0.528. The maximum Gasteiger partial charge on any atom is 0.236 e. The number of carbonyl (C=O) groups excluding carboxylic acids is 1. The second kappa shape index (κ2) is 8.98. The topological polar surface area (TPSA) is 123 Å². The van der Waals surface area contributed by atoms with E-state index in [0.29, 0.717) is 29.6 Å². The maximum absolute atomic E-state index is 12.9. The lowest BCUT2D eigenvalue weighted by molar-refractivity contribution is -0.120. The summed E-state index contributed by atoms with van der Waals surface area (Å²) in [4.78, 5) is 25.7. The fourth-order valence-corrected chi connectivity index (χ4v) is 4.33. The Morgan fingerprint density at radius 3 is 2.52 bits per heavy atom. The highest BCUT2D eigenvalue weighted by Gasteiger charge is 2.32. The van der Waals surface area contributed by atoms with Crippen LogP contribution in [0.15, 0.2) is 42.0 Å². The molecular formula is C20H23N5O4S2. The molecule has 0 aliphatic heterocycles. The number of carbonyl (C=O) groups is 1. The Labute approximate surface area is 185 Å². The molecule has 0 bridgehead atoms. The third-order valence-electron chi connectivity index (χ3n) is 4.33. The Kier molecular flexibility index (Phi) is 6.56. The van der Waals surface area contributed by atoms with Gasteiger partial charge in [-0.15, -0.1) is 11.3 Å². The number of amides is 1. The van der Waals surface area contributed by atoms with Crippen LogP contribution in [-0.4, -0.2) is 42.1 Å². The van der Waals surface area contributed by atoms with Gasteiger partial charge in [-0.05, 0) is 32.9 Å². The summed E-state index contributed by atoms with van der Waals surface area (Å²) >= 11 is 1.13. The van der Waals surface area contributed by atoms with E-state index in [2.05, 4.69) is 25.0 Å². The molecule has 11 heteroatoms. The molecule has 2 heterocycles. The van der Waals surface area contributed by atoms with Gasteiger partial charge in [0.25, 0.3) is 0 Å².